The summed E-state index contributed by atoms with van der Waals surface area (Å²) in [6.07, 6.45) is 7.07. The van der Waals surface area contributed by atoms with Gasteiger partial charge in [0.25, 0.3) is 11.8 Å². The Morgan fingerprint density at radius 1 is 0.786 bits per heavy atom. The number of nitrogens with two attached hydrogens (primary N) is 3. The molecular formula is C50H67N11O9. The SMILES string of the molecule is CCCCCCCCc1ccc(C(=O)N[C@@H](CCN)C(=O)N(C)[C@@H]2C(=O)N[C@@H](C)C(=O)N[C@H](C(=O)NCC#N)Cc3ccc(OCCN)c(c3)-c3cc2ccc3OCCN)c(OCC(=O)NCC#N)c1. The van der Waals surface area contributed by atoms with Crippen molar-refractivity contribution in [2.45, 2.75) is 95.8 Å². The number of carbonyl (C=O) groups excluding carboxylic acids is 6. The molecule has 1 heterocycles. The van der Waals surface area contributed by atoms with Crippen molar-refractivity contribution < 1.29 is 43.0 Å². The first-order chi connectivity index (χ1) is 33.8. The summed E-state index contributed by atoms with van der Waals surface area (Å²) in [5, 5.41) is 31.2. The number of aryl methyl sites for hydroxylation is 1. The highest BCUT2D eigenvalue weighted by molar-refractivity contribution is 6.01. The Hall–Kier alpha value is -7.26. The number of hydrogen-bond donors (Lipinski definition) is 8. The lowest BCUT2D eigenvalue weighted by Crippen LogP contribution is -2.56. The third-order valence-corrected chi connectivity index (χ3v) is 11.4. The highest BCUT2D eigenvalue weighted by Crippen LogP contribution is 2.40. The third-order valence-electron chi connectivity index (χ3n) is 11.4. The Labute approximate surface area is 409 Å². The van der Waals surface area contributed by atoms with Gasteiger partial charge in [0.15, 0.2) is 6.61 Å². The van der Waals surface area contributed by atoms with Crippen molar-refractivity contribution in [1.82, 2.24) is 31.5 Å². The Morgan fingerprint density at radius 2 is 1.44 bits per heavy atom. The van der Waals surface area contributed by atoms with Crippen molar-refractivity contribution >= 4 is 35.4 Å². The van der Waals surface area contributed by atoms with Crippen LogP contribution in [0.4, 0.5) is 0 Å². The summed E-state index contributed by atoms with van der Waals surface area (Å²) >= 11 is 0. The molecule has 70 heavy (non-hydrogen) atoms. The number of nitriles is 2. The van der Waals surface area contributed by atoms with Gasteiger partial charge in [-0.25, -0.2) is 0 Å². The highest BCUT2D eigenvalue weighted by atomic mass is 16.5. The fourth-order valence-corrected chi connectivity index (χ4v) is 7.84. The molecule has 0 aromatic heterocycles. The van der Waals surface area contributed by atoms with E-state index in [1.54, 1.807) is 54.6 Å². The molecule has 6 amide bonds. The lowest BCUT2D eigenvalue weighted by molar-refractivity contribution is -0.141. The van der Waals surface area contributed by atoms with Crippen molar-refractivity contribution in [2.75, 3.05) is 59.6 Å². The minimum absolute atomic E-state index is 0.0186. The Balaban J connectivity index is 1.79. The van der Waals surface area contributed by atoms with E-state index in [0.29, 0.717) is 34.6 Å². The number of hydrogen-bond acceptors (Lipinski definition) is 14. The van der Waals surface area contributed by atoms with E-state index in [1.807, 2.05) is 12.1 Å². The summed E-state index contributed by atoms with van der Waals surface area (Å²) in [5.74, 6) is -3.36. The Bertz CT molecular complexity index is 2370. The minimum Gasteiger partial charge on any atom is -0.492 e. The van der Waals surface area contributed by atoms with Crippen molar-refractivity contribution in [2.24, 2.45) is 17.2 Å². The van der Waals surface area contributed by atoms with Crippen LogP contribution in [0.3, 0.4) is 0 Å². The fourth-order valence-electron chi connectivity index (χ4n) is 7.84. The summed E-state index contributed by atoms with van der Waals surface area (Å²) in [6, 6.07) is 13.6. The zero-order valence-corrected chi connectivity index (χ0v) is 40.3. The molecule has 20 nitrogen and oxygen atoms in total. The van der Waals surface area contributed by atoms with Gasteiger partial charge in [0.05, 0.1) is 17.7 Å². The predicted octanol–water partition coefficient (Wildman–Crippen LogP) is 1.78. The van der Waals surface area contributed by atoms with Gasteiger partial charge in [-0.2, -0.15) is 10.5 Å². The quantitative estimate of drug-likeness (QED) is 0.0444. The van der Waals surface area contributed by atoms with Gasteiger partial charge in [-0.1, -0.05) is 57.2 Å². The van der Waals surface area contributed by atoms with Crippen LogP contribution in [0.1, 0.15) is 91.9 Å². The van der Waals surface area contributed by atoms with E-state index in [1.165, 1.54) is 20.4 Å². The third kappa shape index (κ3) is 16.2. The van der Waals surface area contributed by atoms with Gasteiger partial charge in [0.1, 0.15) is 67.7 Å². The number of nitrogens with zero attached hydrogens (tertiary/aromatic N) is 3. The maximum atomic E-state index is 14.8. The van der Waals surface area contributed by atoms with Crippen molar-refractivity contribution in [3.63, 3.8) is 0 Å². The first kappa shape index (κ1) is 55.3. The summed E-state index contributed by atoms with van der Waals surface area (Å²) in [5.41, 5.74) is 20.4. The number of unbranched alkanes of at least 4 members (excludes halogenated alkanes) is 5. The molecule has 0 saturated heterocycles. The largest absolute Gasteiger partial charge is 0.492 e. The van der Waals surface area contributed by atoms with Gasteiger partial charge < -0.3 is 62.9 Å². The molecular weight excluding hydrogens is 899 g/mol. The van der Waals surface area contributed by atoms with Crippen molar-refractivity contribution in [3.8, 4) is 40.5 Å². The van der Waals surface area contributed by atoms with Gasteiger partial charge in [0.2, 0.25) is 23.6 Å². The first-order valence-corrected chi connectivity index (χ1v) is 23.7. The van der Waals surface area contributed by atoms with E-state index >= 15 is 0 Å². The van der Waals surface area contributed by atoms with E-state index in [2.05, 4.69) is 33.5 Å². The lowest BCUT2D eigenvalue weighted by Gasteiger charge is -2.32. The second-order valence-corrected chi connectivity index (χ2v) is 16.8. The number of rotatable bonds is 25. The van der Waals surface area contributed by atoms with Crippen LogP contribution in [0, 0.1) is 22.7 Å². The van der Waals surface area contributed by atoms with Gasteiger partial charge in [-0.3, -0.25) is 28.8 Å². The fraction of sp³-hybridized carbons (Fsp3) is 0.480. The summed E-state index contributed by atoms with van der Waals surface area (Å²) in [4.78, 5) is 84.5. The van der Waals surface area contributed by atoms with Crippen molar-refractivity contribution in [3.05, 3.63) is 76.9 Å². The maximum absolute atomic E-state index is 14.8. The average Bonchev–Trinajstić information content (AvgIpc) is 3.35. The van der Waals surface area contributed by atoms with Gasteiger partial charge in [0, 0.05) is 37.7 Å². The summed E-state index contributed by atoms with van der Waals surface area (Å²) < 4.78 is 18.1. The topological polar surface area (TPSA) is 319 Å². The normalized spacial score (nSPS) is 15.9. The minimum atomic E-state index is -1.46. The van der Waals surface area contributed by atoms with E-state index in [4.69, 9.17) is 36.7 Å². The van der Waals surface area contributed by atoms with Crippen LogP contribution in [0.15, 0.2) is 54.6 Å². The van der Waals surface area contributed by atoms with Gasteiger partial charge in [-0.15, -0.1) is 0 Å². The molecule has 1 aliphatic heterocycles. The van der Waals surface area contributed by atoms with Crippen LogP contribution in [-0.4, -0.2) is 118 Å². The number of ether oxygens (including phenoxy) is 3. The van der Waals surface area contributed by atoms with Gasteiger partial charge >= 0.3 is 0 Å². The molecule has 20 heteroatoms. The first-order valence-electron chi connectivity index (χ1n) is 23.7. The zero-order valence-electron chi connectivity index (χ0n) is 40.3. The van der Waals surface area contributed by atoms with Crippen LogP contribution in [-0.2, 0) is 36.8 Å². The number of carbonyl (C=O) groups is 6. The van der Waals surface area contributed by atoms with E-state index < -0.39 is 66.2 Å². The highest BCUT2D eigenvalue weighted by Gasteiger charge is 2.36. The molecule has 0 spiro atoms. The summed E-state index contributed by atoms with van der Waals surface area (Å²) in [6.45, 7) is 3.07. The van der Waals surface area contributed by atoms with Crippen LogP contribution >= 0.6 is 0 Å². The Morgan fingerprint density at radius 3 is 2.11 bits per heavy atom. The van der Waals surface area contributed by atoms with Crippen LogP contribution in [0.2, 0.25) is 0 Å². The molecule has 0 unspecified atom stereocenters. The smallest absolute Gasteiger partial charge is 0.258 e. The molecule has 11 N–H and O–H groups in total. The monoisotopic (exact) mass is 966 g/mol. The zero-order chi connectivity index (χ0) is 51.0. The Kier molecular flexibility index (Phi) is 22.9. The molecule has 3 aromatic rings. The summed E-state index contributed by atoms with van der Waals surface area (Å²) in [7, 11) is 1.38. The molecule has 4 bridgehead atoms. The second-order valence-electron chi connectivity index (χ2n) is 16.8. The standard InChI is InChI=1S/C50H67N11O9/c1-4-5-6-7-8-9-10-33-11-14-36(43(29-33)70-31-44(62)56-23-19-52)47(64)59-39(17-18-51)50(67)61(3)45-35-13-16-42(69-26-22-55)38(30-35)37-27-34(12-15-41(37)68-25-21-54)28-40(48(65)57-24-20-53)60-46(63)32(2)58-49(45)66/h11-16,27,29-30,32,39-40,45H,4-10,17-18,21-26,28,31,51,54-55H2,1-3H3,(H,56,62)(H,57,65)(H,58,66)(H,59,64)(H,60,63)/t32-,39-,40-,45-/m0/s1. The number of nitrogens with one attached hydrogen (secondary N) is 5. The number of amides is 6. The van der Waals surface area contributed by atoms with Crippen LogP contribution in [0.5, 0.6) is 17.2 Å². The molecule has 4 atom stereocenters. The van der Waals surface area contributed by atoms with E-state index in [-0.39, 0.29) is 75.7 Å². The van der Waals surface area contributed by atoms with E-state index in [9.17, 15) is 34.0 Å². The molecule has 3 aromatic carbocycles. The molecule has 0 aliphatic carbocycles. The molecule has 0 fully saturated rings. The maximum Gasteiger partial charge on any atom is 0.258 e. The average molecular weight is 966 g/mol. The van der Waals surface area contributed by atoms with Crippen LogP contribution < -0.4 is 58.0 Å². The second kappa shape index (κ2) is 28.9. The molecule has 1 aliphatic rings. The lowest BCUT2D eigenvalue weighted by atomic mass is 9.93. The molecule has 0 radical (unpaired) electrons. The molecule has 0 saturated carbocycles. The number of fused-ring (bicyclic) bond motifs is 5. The number of benzene rings is 3. The predicted molar refractivity (Wildman–Crippen MR) is 261 cm³/mol. The van der Waals surface area contributed by atoms with Crippen LogP contribution in [0.25, 0.3) is 11.1 Å². The molecule has 376 valence electrons. The molecule has 4 rings (SSSR count). The van der Waals surface area contributed by atoms with E-state index in [0.717, 1.165) is 42.6 Å². The number of likely N-dealkylation sites (N-methyl/N-ethyl adjacent to an activating group) is 1. The van der Waals surface area contributed by atoms with Crippen molar-refractivity contribution in [1.29, 1.82) is 10.5 Å². The van der Waals surface area contributed by atoms with Gasteiger partial charge in [-0.05, 0) is 85.8 Å².